The third-order valence-corrected chi connectivity index (χ3v) is 4.99. The number of carbonyl (C=O) groups is 1. The van der Waals surface area contributed by atoms with E-state index >= 15 is 0 Å². The normalized spacial score (nSPS) is 13.7. The highest BCUT2D eigenvalue weighted by Crippen LogP contribution is 2.25. The lowest BCUT2D eigenvalue weighted by Gasteiger charge is -2.28. The second-order valence-electron chi connectivity index (χ2n) is 6.65. The molecule has 1 aromatic carbocycles. The molecule has 0 saturated carbocycles. The molecular formula is C20H22N4O2. The second-order valence-corrected chi connectivity index (χ2v) is 6.65. The van der Waals surface area contributed by atoms with E-state index in [0.717, 1.165) is 17.7 Å². The van der Waals surface area contributed by atoms with Gasteiger partial charge in [-0.15, -0.1) is 0 Å². The fraction of sp³-hybridized carbons (Fsp3) is 0.300. The van der Waals surface area contributed by atoms with Crippen LogP contribution in [0.15, 0.2) is 48.7 Å². The summed E-state index contributed by atoms with van der Waals surface area (Å²) >= 11 is 0. The summed E-state index contributed by atoms with van der Waals surface area (Å²) in [4.78, 5) is 14.6. The van der Waals surface area contributed by atoms with Crippen LogP contribution in [0, 0.1) is 0 Å². The molecule has 6 heteroatoms. The molecule has 26 heavy (non-hydrogen) atoms. The highest BCUT2D eigenvalue weighted by molar-refractivity contribution is 5.92. The minimum atomic E-state index is -0.115. The van der Waals surface area contributed by atoms with Gasteiger partial charge in [-0.05, 0) is 17.7 Å². The van der Waals surface area contributed by atoms with Crippen molar-refractivity contribution in [1.82, 2.24) is 19.2 Å². The lowest BCUT2D eigenvalue weighted by Crippen LogP contribution is -2.37. The van der Waals surface area contributed by atoms with Gasteiger partial charge in [0.05, 0.1) is 18.8 Å². The van der Waals surface area contributed by atoms with Crippen LogP contribution in [-0.2, 0) is 33.2 Å². The van der Waals surface area contributed by atoms with Crippen molar-refractivity contribution in [2.45, 2.75) is 26.1 Å². The summed E-state index contributed by atoms with van der Waals surface area (Å²) < 4.78 is 3.81. The number of benzene rings is 1. The van der Waals surface area contributed by atoms with Crippen molar-refractivity contribution in [3.8, 4) is 0 Å². The first-order valence-electron chi connectivity index (χ1n) is 8.80. The van der Waals surface area contributed by atoms with Crippen molar-refractivity contribution >= 4 is 5.91 Å². The average Bonchev–Trinajstić information content (AvgIpc) is 3.25. The highest BCUT2D eigenvalue weighted by atomic mass is 16.3. The van der Waals surface area contributed by atoms with Gasteiger partial charge in [0.25, 0.3) is 5.91 Å². The minimum absolute atomic E-state index is 0.0165. The Kier molecular flexibility index (Phi) is 4.34. The van der Waals surface area contributed by atoms with Crippen LogP contribution in [0.2, 0.25) is 0 Å². The Morgan fingerprint density at radius 2 is 2.00 bits per heavy atom. The second kappa shape index (κ2) is 6.80. The molecule has 0 saturated heterocycles. The Morgan fingerprint density at radius 1 is 1.19 bits per heavy atom. The molecule has 1 aliphatic heterocycles. The summed E-state index contributed by atoms with van der Waals surface area (Å²) in [5, 5.41) is 14.3. The highest BCUT2D eigenvalue weighted by Gasteiger charge is 2.28. The molecule has 3 heterocycles. The Labute approximate surface area is 152 Å². The molecule has 1 N–H and O–H groups in total. The van der Waals surface area contributed by atoms with Crippen LogP contribution < -0.4 is 0 Å². The van der Waals surface area contributed by atoms with E-state index in [-0.39, 0.29) is 12.5 Å². The molecule has 0 aliphatic carbocycles. The summed E-state index contributed by atoms with van der Waals surface area (Å²) in [6, 6.07) is 13.9. The summed E-state index contributed by atoms with van der Waals surface area (Å²) in [5.74, 6) is 0.0165. The number of aliphatic hydroxyl groups is 1. The van der Waals surface area contributed by atoms with Gasteiger partial charge in [0.2, 0.25) is 0 Å². The molecule has 0 atom stereocenters. The number of hydrogen-bond acceptors (Lipinski definition) is 3. The monoisotopic (exact) mass is 350 g/mol. The molecule has 0 unspecified atom stereocenters. The number of aliphatic hydroxyl groups excluding tert-OH is 1. The summed E-state index contributed by atoms with van der Waals surface area (Å²) in [5.41, 5.74) is 4.62. The van der Waals surface area contributed by atoms with Gasteiger partial charge in [0.1, 0.15) is 5.69 Å². The molecule has 0 fully saturated rings. The van der Waals surface area contributed by atoms with E-state index in [4.69, 9.17) is 0 Å². The molecule has 1 amide bonds. The van der Waals surface area contributed by atoms with Crippen molar-refractivity contribution < 1.29 is 9.90 Å². The molecule has 0 bridgehead atoms. The Balaban J connectivity index is 1.61. The molecule has 1 aliphatic rings. The van der Waals surface area contributed by atoms with Crippen molar-refractivity contribution in [3.63, 3.8) is 0 Å². The first kappa shape index (κ1) is 16.6. The number of amides is 1. The molecule has 0 radical (unpaired) electrons. The maximum Gasteiger partial charge on any atom is 0.270 e. The molecule has 3 aromatic rings. The number of carbonyl (C=O) groups excluding carboxylic acids is 1. The van der Waals surface area contributed by atoms with E-state index in [1.54, 1.807) is 0 Å². The third-order valence-electron chi connectivity index (χ3n) is 4.99. The van der Waals surface area contributed by atoms with Gasteiger partial charge in [-0.2, -0.15) is 5.10 Å². The smallest absolute Gasteiger partial charge is 0.270 e. The zero-order chi connectivity index (χ0) is 18.1. The summed E-state index contributed by atoms with van der Waals surface area (Å²) in [7, 11) is 1.87. The van der Waals surface area contributed by atoms with Gasteiger partial charge in [-0.3, -0.25) is 9.48 Å². The number of rotatable bonds is 4. The van der Waals surface area contributed by atoms with Crippen molar-refractivity contribution in [2.24, 2.45) is 7.05 Å². The van der Waals surface area contributed by atoms with E-state index < -0.39 is 0 Å². The van der Waals surface area contributed by atoms with Crippen molar-refractivity contribution in [2.75, 3.05) is 6.54 Å². The zero-order valence-electron chi connectivity index (χ0n) is 14.8. The van der Waals surface area contributed by atoms with Gasteiger partial charge in [0.15, 0.2) is 0 Å². The summed E-state index contributed by atoms with van der Waals surface area (Å²) in [6.07, 6.45) is 2.62. The number of nitrogens with zero attached hydrogens (tertiary/aromatic N) is 4. The van der Waals surface area contributed by atoms with Crippen LogP contribution in [0.1, 0.15) is 33.0 Å². The van der Waals surface area contributed by atoms with Gasteiger partial charge >= 0.3 is 0 Å². The number of aromatic nitrogens is 3. The zero-order valence-corrected chi connectivity index (χ0v) is 14.8. The maximum absolute atomic E-state index is 12.8. The molecular weight excluding hydrogens is 328 g/mol. The molecule has 4 rings (SSSR count). The fourth-order valence-corrected chi connectivity index (χ4v) is 3.59. The van der Waals surface area contributed by atoms with Crippen LogP contribution in [0.5, 0.6) is 0 Å². The van der Waals surface area contributed by atoms with Gasteiger partial charge < -0.3 is 14.6 Å². The lowest BCUT2D eigenvalue weighted by molar-refractivity contribution is 0.0722. The Morgan fingerprint density at radius 3 is 2.69 bits per heavy atom. The standard InChI is InChI=1S/C20H22N4O2/c1-22-10-5-8-19(22)20(26)23-11-9-18-16(13-23)17(14-25)21-24(18)12-15-6-3-2-4-7-15/h2-8,10,25H,9,11-14H2,1H3. The lowest BCUT2D eigenvalue weighted by atomic mass is 10.0. The summed E-state index contributed by atoms with van der Waals surface area (Å²) in [6.45, 7) is 1.71. The first-order valence-corrected chi connectivity index (χ1v) is 8.80. The van der Waals surface area contributed by atoms with Gasteiger partial charge in [-0.25, -0.2) is 0 Å². The molecule has 0 spiro atoms. The average molecular weight is 350 g/mol. The molecule has 2 aromatic heterocycles. The van der Waals surface area contributed by atoms with Crippen molar-refractivity contribution in [1.29, 1.82) is 0 Å². The Hall–Kier alpha value is -2.86. The third kappa shape index (κ3) is 2.93. The van der Waals surface area contributed by atoms with Crippen molar-refractivity contribution in [3.05, 3.63) is 76.9 Å². The maximum atomic E-state index is 12.8. The van der Waals surface area contributed by atoms with E-state index in [1.807, 2.05) is 57.7 Å². The van der Waals surface area contributed by atoms with Crippen LogP contribution in [0.25, 0.3) is 0 Å². The van der Waals surface area contributed by atoms with Crippen LogP contribution in [0.4, 0.5) is 0 Å². The number of fused-ring (bicyclic) bond motifs is 1. The fourth-order valence-electron chi connectivity index (χ4n) is 3.59. The first-order chi connectivity index (χ1) is 12.7. The van der Waals surface area contributed by atoms with Crippen LogP contribution >= 0.6 is 0 Å². The van der Waals surface area contributed by atoms with E-state index in [1.165, 1.54) is 5.56 Å². The number of aryl methyl sites for hydroxylation is 1. The van der Waals surface area contributed by atoms with E-state index in [2.05, 4.69) is 17.2 Å². The predicted octanol–water partition coefficient (Wildman–Crippen LogP) is 1.96. The van der Waals surface area contributed by atoms with E-state index in [9.17, 15) is 9.90 Å². The largest absolute Gasteiger partial charge is 0.390 e. The molecule has 6 nitrogen and oxygen atoms in total. The van der Waals surface area contributed by atoms with Gasteiger partial charge in [0, 0.05) is 44.0 Å². The topological polar surface area (TPSA) is 63.3 Å². The Bertz CT molecular complexity index is 927. The predicted molar refractivity (Wildman–Crippen MR) is 97.6 cm³/mol. The van der Waals surface area contributed by atoms with Crippen LogP contribution in [0.3, 0.4) is 0 Å². The SMILES string of the molecule is Cn1cccc1C(=O)N1CCc2c(c(CO)nn2Cc2ccccc2)C1. The quantitative estimate of drug-likeness (QED) is 0.782. The van der Waals surface area contributed by atoms with Crippen LogP contribution in [-0.4, -0.2) is 36.8 Å². The minimum Gasteiger partial charge on any atom is -0.390 e. The van der Waals surface area contributed by atoms with Gasteiger partial charge in [-0.1, -0.05) is 30.3 Å². The number of hydrogen-bond donors (Lipinski definition) is 1. The van der Waals surface area contributed by atoms with E-state index in [0.29, 0.717) is 31.0 Å². The molecule has 134 valence electrons.